The maximum absolute atomic E-state index is 6.50. The molecule has 0 aliphatic heterocycles. The monoisotopic (exact) mass is 659 g/mol. The standard InChI is InChI=1S/C43H25N5OS/c1-4-13-26(14-5-1)40-44-36(32-21-12-20-31-30-19-10-11-22-34(30)49-38(31)32)39-37(45-40)33-25-29(23-24-35(33)50-39)43-47-41(27-15-6-2-7-16-27)46-42(48-43)28-17-8-3-9-18-28/h1-25H. The number of nitrogens with zero attached hydrogens (tertiary/aromatic N) is 5. The predicted octanol–water partition coefficient (Wildman–Crippen LogP) is 11.3. The van der Waals surface area contributed by atoms with Crippen LogP contribution in [0, 0.1) is 0 Å². The second kappa shape index (κ2) is 11.5. The molecule has 0 radical (unpaired) electrons. The van der Waals surface area contributed by atoms with Crippen molar-refractivity contribution in [1.82, 2.24) is 24.9 Å². The molecule has 0 amide bonds. The molecule has 0 saturated carbocycles. The highest BCUT2D eigenvalue weighted by atomic mass is 32.1. The Hall–Kier alpha value is -6.57. The molecule has 0 fully saturated rings. The number of thiophene rings is 1. The van der Waals surface area contributed by atoms with Gasteiger partial charge < -0.3 is 4.42 Å². The van der Waals surface area contributed by atoms with Gasteiger partial charge in [0.1, 0.15) is 11.2 Å². The Balaban J connectivity index is 1.22. The van der Waals surface area contributed by atoms with E-state index in [2.05, 4.69) is 42.5 Å². The van der Waals surface area contributed by atoms with Gasteiger partial charge in [-0.15, -0.1) is 11.3 Å². The van der Waals surface area contributed by atoms with E-state index in [1.165, 1.54) is 0 Å². The summed E-state index contributed by atoms with van der Waals surface area (Å²) in [6.45, 7) is 0. The molecule has 0 atom stereocenters. The van der Waals surface area contributed by atoms with Crippen LogP contribution in [-0.2, 0) is 0 Å². The molecule has 4 heterocycles. The number of fused-ring (bicyclic) bond motifs is 6. The first-order valence-electron chi connectivity index (χ1n) is 16.3. The lowest BCUT2D eigenvalue weighted by atomic mass is 10.0. The normalized spacial score (nSPS) is 11.6. The van der Waals surface area contributed by atoms with E-state index in [1.807, 2.05) is 109 Å². The van der Waals surface area contributed by atoms with Crippen molar-refractivity contribution >= 4 is 53.6 Å². The largest absolute Gasteiger partial charge is 0.455 e. The summed E-state index contributed by atoms with van der Waals surface area (Å²) in [4.78, 5) is 25.3. The molecule has 0 spiro atoms. The lowest BCUT2D eigenvalue weighted by Crippen LogP contribution is -2.00. The van der Waals surface area contributed by atoms with Gasteiger partial charge in [-0.25, -0.2) is 24.9 Å². The first kappa shape index (κ1) is 28.4. The molecule has 0 aliphatic rings. The summed E-state index contributed by atoms with van der Waals surface area (Å²) in [5.41, 5.74) is 8.02. The van der Waals surface area contributed by atoms with E-state index in [0.29, 0.717) is 23.3 Å². The van der Waals surface area contributed by atoms with Crippen molar-refractivity contribution in [3.05, 3.63) is 152 Å². The summed E-state index contributed by atoms with van der Waals surface area (Å²) in [6, 6.07) is 51.0. The molecule has 0 unspecified atom stereocenters. The lowest BCUT2D eigenvalue weighted by molar-refractivity contribution is 0.670. The molecule has 0 N–H and O–H groups in total. The van der Waals surface area contributed by atoms with Crippen LogP contribution in [0.4, 0.5) is 0 Å². The maximum Gasteiger partial charge on any atom is 0.164 e. The van der Waals surface area contributed by atoms with Gasteiger partial charge in [-0.3, -0.25) is 0 Å². The zero-order chi connectivity index (χ0) is 33.0. The second-order valence-corrected chi connectivity index (χ2v) is 13.1. The van der Waals surface area contributed by atoms with Gasteiger partial charge in [0.2, 0.25) is 0 Å². The fourth-order valence-corrected chi connectivity index (χ4v) is 7.68. The average Bonchev–Trinajstić information content (AvgIpc) is 3.77. The van der Waals surface area contributed by atoms with Crippen LogP contribution < -0.4 is 0 Å². The topological polar surface area (TPSA) is 77.6 Å². The molecular formula is C43H25N5OS. The lowest BCUT2D eigenvalue weighted by Gasteiger charge is -2.09. The SMILES string of the molecule is c1ccc(-c2nc(-c3ccccc3)nc(-c3ccc4sc5c(-c6cccc7c6oc6ccccc67)nc(-c6ccccc6)nc5c4c3)n2)cc1. The number of hydrogen-bond acceptors (Lipinski definition) is 7. The van der Waals surface area contributed by atoms with E-state index in [0.717, 1.165) is 75.8 Å². The van der Waals surface area contributed by atoms with Crippen LogP contribution in [0.1, 0.15) is 0 Å². The van der Waals surface area contributed by atoms with Crippen LogP contribution in [0.25, 0.3) is 99.1 Å². The molecule has 0 bridgehead atoms. The van der Waals surface area contributed by atoms with Crippen molar-refractivity contribution in [2.75, 3.05) is 0 Å². The fourth-order valence-electron chi connectivity index (χ4n) is 6.55. The fraction of sp³-hybridized carbons (Fsp3) is 0. The smallest absolute Gasteiger partial charge is 0.164 e. The zero-order valence-electron chi connectivity index (χ0n) is 26.5. The molecule has 10 aromatic rings. The van der Waals surface area contributed by atoms with Crippen LogP contribution in [-0.4, -0.2) is 24.9 Å². The number of furan rings is 1. The molecule has 234 valence electrons. The van der Waals surface area contributed by atoms with E-state index >= 15 is 0 Å². The molecule has 0 saturated heterocycles. The number of aromatic nitrogens is 5. The minimum Gasteiger partial charge on any atom is -0.455 e. The third-order valence-corrected chi connectivity index (χ3v) is 10.1. The molecule has 6 aromatic carbocycles. The predicted molar refractivity (Wildman–Crippen MR) is 203 cm³/mol. The highest BCUT2D eigenvalue weighted by Gasteiger charge is 2.21. The third-order valence-electron chi connectivity index (χ3n) is 8.96. The van der Waals surface area contributed by atoms with Gasteiger partial charge in [0.15, 0.2) is 23.3 Å². The number of rotatable bonds is 5. The molecule has 6 nitrogen and oxygen atoms in total. The van der Waals surface area contributed by atoms with Crippen LogP contribution in [0.2, 0.25) is 0 Å². The summed E-state index contributed by atoms with van der Waals surface area (Å²) in [5, 5.41) is 3.16. The Kier molecular flexibility index (Phi) is 6.57. The summed E-state index contributed by atoms with van der Waals surface area (Å²) in [5.74, 6) is 2.51. The maximum atomic E-state index is 6.50. The highest BCUT2D eigenvalue weighted by Crippen LogP contribution is 2.43. The number of para-hydroxylation sites is 2. The summed E-state index contributed by atoms with van der Waals surface area (Å²) in [6.07, 6.45) is 0. The quantitative estimate of drug-likeness (QED) is 0.183. The number of hydrogen-bond donors (Lipinski definition) is 0. The van der Waals surface area contributed by atoms with E-state index < -0.39 is 0 Å². The average molecular weight is 660 g/mol. The van der Waals surface area contributed by atoms with Crippen LogP contribution in [0.15, 0.2) is 156 Å². The molecule has 50 heavy (non-hydrogen) atoms. The van der Waals surface area contributed by atoms with E-state index in [-0.39, 0.29) is 0 Å². The van der Waals surface area contributed by atoms with Gasteiger partial charge in [0, 0.05) is 48.7 Å². The van der Waals surface area contributed by atoms with E-state index in [4.69, 9.17) is 29.3 Å². The van der Waals surface area contributed by atoms with Crippen LogP contribution in [0.5, 0.6) is 0 Å². The highest BCUT2D eigenvalue weighted by molar-refractivity contribution is 7.26. The van der Waals surface area contributed by atoms with E-state index in [1.54, 1.807) is 11.3 Å². The Morgan fingerprint density at radius 1 is 0.420 bits per heavy atom. The Labute approximate surface area is 290 Å². The van der Waals surface area contributed by atoms with Crippen LogP contribution in [0.3, 0.4) is 0 Å². The van der Waals surface area contributed by atoms with Crippen molar-refractivity contribution in [3.63, 3.8) is 0 Å². The van der Waals surface area contributed by atoms with Gasteiger partial charge in [0.05, 0.1) is 15.9 Å². The molecular weight excluding hydrogens is 635 g/mol. The van der Waals surface area contributed by atoms with Crippen molar-refractivity contribution in [2.45, 2.75) is 0 Å². The van der Waals surface area contributed by atoms with Gasteiger partial charge in [0.25, 0.3) is 0 Å². The summed E-state index contributed by atoms with van der Waals surface area (Å²) >= 11 is 1.69. The van der Waals surface area contributed by atoms with Gasteiger partial charge in [-0.1, -0.05) is 121 Å². The number of benzene rings is 6. The van der Waals surface area contributed by atoms with E-state index in [9.17, 15) is 0 Å². The summed E-state index contributed by atoms with van der Waals surface area (Å²) < 4.78 is 8.60. The zero-order valence-corrected chi connectivity index (χ0v) is 27.3. The van der Waals surface area contributed by atoms with Gasteiger partial charge >= 0.3 is 0 Å². The van der Waals surface area contributed by atoms with Crippen LogP contribution >= 0.6 is 11.3 Å². The molecule has 4 aromatic heterocycles. The Morgan fingerprint density at radius 3 is 1.64 bits per heavy atom. The first-order valence-corrected chi connectivity index (χ1v) is 17.2. The van der Waals surface area contributed by atoms with Gasteiger partial charge in [-0.2, -0.15) is 0 Å². The summed E-state index contributed by atoms with van der Waals surface area (Å²) in [7, 11) is 0. The molecule has 10 rings (SSSR count). The second-order valence-electron chi connectivity index (χ2n) is 12.1. The first-order chi connectivity index (χ1) is 24.8. The minimum atomic E-state index is 0.601. The van der Waals surface area contributed by atoms with Crippen molar-refractivity contribution < 1.29 is 4.42 Å². The molecule has 7 heteroatoms. The Morgan fingerprint density at radius 2 is 0.980 bits per heavy atom. The van der Waals surface area contributed by atoms with Crippen molar-refractivity contribution in [2.24, 2.45) is 0 Å². The van der Waals surface area contributed by atoms with Crippen molar-refractivity contribution in [3.8, 4) is 56.8 Å². The third kappa shape index (κ3) is 4.75. The van der Waals surface area contributed by atoms with Crippen molar-refractivity contribution in [1.29, 1.82) is 0 Å². The minimum absolute atomic E-state index is 0.601. The molecule has 0 aliphatic carbocycles. The Bertz CT molecular complexity index is 2810. The van der Waals surface area contributed by atoms with Gasteiger partial charge in [-0.05, 0) is 30.3 Å².